The number of hydrogen-bond donors (Lipinski definition) is 4. The van der Waals surface area contributed by atoms with Crippen LogP contribution in [-0.2, 0) is 37.5 Å². The minimum Gasteiger partial charge on any atom is -0.462 e. The number of Topliss-reactive ketones (excluding diaryl/α,β-unsaturated/α-hetero) is 1. The average Bonchev–Trinajstić information content (AvgIpc) is 3.49. The number of phosphoric acid groups is 1. The predicted molar refractivity (Wildman–Crippen MR) is 239 cm³/mol. The van der Waals surface area contributed by atoms with Crippen molar-refractivity contribution in [2.45, 2.75) is 206 Å². The van der Waals surface area contributed by atoms with Gasteiger partial charge in [0.1, 0.15) is 12.4 Å². The number of unbranched alkanes of at least 4 members (excludes halogenated alkanes) is 18. The number of carbonyl (C=O) groups excluding carboxylic acids is 3. The summed E-state index contributed by atoms with van der Waals surface area (Å²) in [6.07, 6.45) is 35.4. The van der Waals surface area contributed by atoms with Gasteiger partial charge in [-0.1, -0.05) is 147 Å². The molecule has 0 bridgehead atoms. The molecule has 13 heteroatoms. The van der Waals surface area contributed by atoms with Crippen LogP contribution in [0.3, 0.4) is 0 Å². The van der Waals surface area contributed by atoms with Crippen LogP contribution in [0.15, 0.2) is 36.5 Å². The zero-order chi connectivity index (χ0) is 44.1. The Morgan fingerprint density at radius 2 is 1.30 bits per heavy atom. The molecule has 1 saturated carbocycles. The lowest BCUT2D eigenvalue weighted by atomic mass is 9.90. The van der Waals surface area contributed by atoms with Gasteiger partial charge in [-0.25, -0.2) is 4.57 Å². The monoisotopic (exact) mass is 870 g/mol. The molecule has 60 heavy (non-hydrogen) atoms. The Labute approximate surface area is 363 Å². The fraction of sp³-hybridized carbons (Fsp3) is 0.809. The highest BCUT2D eigenvalue weighted by Crippen LogP contribution is 2.43. The Balaban J connectivity index is 2.35. The van der Waals surface area contributed by atoms with Crippen molar-refractivity contribution >= 4 is 25.5 Å². The van der Waals surface area contributed by atoms with Crippen molar-refractivity contribution in [1.82, 2.24) is 0 Å². The van der Waals surface area contributed by atoms with E-state index in [0.29, 0.717) is 32.1 Å². The minimum atomic E-state index is -4.45. The number of esters is 2. The highest BCUT2D eigenvalue weighted by atomic mass is 31.2. The first-order valence-electron chi connectivity index (χ1n) is 23.6. The molecule has 0 heterocycles. The summed E-state index contributed by atoms with van der Waals surface area (Å²) in [6, 6.07) is 0. The molecule has 0 aromatic carbocycles. The maximum Gasteiger partial charge on any atom is 0.472 e. The number of phosphoric ester groups is 1. The van der Waals surface area contributed by atoms with Gasteiger partial charge in [-0.3, -0.25) is 23.4 Å². The lowest BCUT2D eigenvalue weighted by molar-refractivity contribution is -0.161. The Morgan fingerprint density at radius 1 is 0.750 bits per heavy atom. The van der Waals surface area contributed by atoms with Gasteiger partial charge in [0, 0.05) is 37.6 Å². The van der Waals surface area contributed by atoms with Gasteiger partial charge < -0.3 is 30.3 Å². The molecule has 1 aliphatic rings. The van der Waals surface area contributed by atoms with Crippen LogP contribution in [0.2, 0.25) is 0 Å². The van der Waals surface area contributed by atoms with Crippen LogP contribution in [0, 0.1) is 11.8 Å². The molecule has 348 valence electrons. The fourth-order valence-corrected chi connectivity index (χ4v) is 8.02. The Morgan fingerprint density at radius 3 is 1.93 bits per heavy atom. The molecule has 6 atom stereocenters. The third kappa shape index (κ3) is 30.8. The number of ketones is 1. The standard InChI is InChI=1S/C47H84NO11P/c1-3-5-7-8-9-10-11-12-13-14-15-16-17-18-19-20-21-22-28-32-47(53)59-41(39-58-60(54,55)57-36-35-48)38-56-46(52)31-27-24-23-26-30-42-43(45(51)37-44(42)50)34-33-40(49)29-25-6-4-2/h12-13,23,26,33-34,40-44,49-50H,3-11,14-22,24-25,27-32,35-39,48H2,1-2H3,(H,54,55)/b13-12-,26-23-,34-33+/t40-,41+,42+,43+,44-/m0/s1. The van der Waals surface area contributed by atoms with Crippen molar-refractivity contribution in [3.05, 3.63) is 36.5 Å². The summed E-state index contributed by atoms with van der Waals surface area (Å²) in [6.45, 7) is 3.33. The summed E-state index contributed by atoms with van der Waals surface area (Å²) in [5.74, 6) is -1.76. The van der Waals surface area contributed by atoms with E-state index in [4.69, 9.17) is 24.3 Å². The van der Waals surface area contributed by atoms with Gasteiger partial charge in [-0.05, 0) is 57.8 Å². The molecular weight excluding hydrogens is 785 g/mol. The Bertz CT molecular complexity index is 1240. The molecule has 0 radical (unpaired) electrons. The molecule has 1 fully saturated rings. The van der Waals surface area contributed by atoms with Gasteiger partial charge >= 0.3 is 19.8 Å². The van der Waals surface area contributed by atoms with Crippen molar-refractivity contribution < 1.29 is 52.6 Å². The van der Waals surface area contributed by atoms with Crippen LogP contribution in [0.5, 0.6) is 0 Å². The van der Waals surface area contributed by atoms with E-state index >= 15 is 0 Å². The van der Waals surface area contributed by atoms with Crippen molar-refractivity contribution in [3.8, 4) is 0 Å². The zero-order valence-corrected chi connectivity index (χ0v) is 38.3. The second-order valence-corrected chi connectivity index (χ2v) is 17.9. The van der Waals surface area contributed by atoms with Gasteiger partial charge in [0.2, 0.25) is 0 Å². The SMILES string of the molecule is CCCCCCCC/C=C\CCCCCCCCCCCC(=O)O[C@H](COC(=O)CCC/C=C\C[C@H]1[C@@H](O)CC(=O)[C@@H]1/C=C/[C@@H](O)CCCCC)COP(=O)(O)OCCN. The third-order valence-corrected chi connectivity index (χ3v) is 11.9. The van der Waals surface area contributed by atoms with Gasteiger partial charge in [0.25, 0.3) is 0 Å². The molecule has 0 saturated heterocycles. The highest BCUT2D eigenvalue weighted by Gasteiger charge is 2.39. The van der Waals surface area contributed by atoms with E-state index in [1.165, 1.54) is 83.5 Å². The van der Waals surface area contributed by atoms with E-state index in [-0.39, 0.29) is 50.7 Å². The highest BCUT2D eigenvalue weighted by molar-refractivity contribution is 7.47. The van der Waals surface area contributed by atoms with Crippen molar-refractivity contribution in [2.24, 2.45) is 17.6 Å². The molecule has 1 unspecified atom stereocenters. The molecule has 5 N–H and O–H groups in total. The molecular formula is C47H84NO11P. The van der Waals surface area contributed by atoms with E-state index in [0.717, 1.165) is 38.5 Å². The van der Waals surface area contributed by atoms with Crippen LogP contribution in [0.1, 0.15) is 187 Å². The first kappa shape index (κ1) is 55.8. The normalized spacial score (nSPS) is 19.1. The molecule has 12 nitrogen and oxygen atoms in total. The minimum absolute atomic E-state index is 0.0146. The van der Waals surface area contributed by atoms with Crippen LogP contribution in [0.4, 0.5) is 0 Å². The fourth-order valence-electron chi connectivity index (χ4n) is 7.26. The smallest absolute Gasteiger partial charge is 0.462 e. The molecule has 1 rings (SSSR count). The number of nitrogens with two attached hydrogens (primary N) is 1. The first-order chi connectivity index (χ1) is 29.0. The Hall–Kier alpha value is -2.18. The summed E-state index contributed by atoms with van der Waals surface area (Å²) in [5, 5.41) is 20.7. The second-order valence-electron chi connectivity index (χ2n) is 16.4. The molecule has 0 aromatic heterocycles. The van der Waals surface area contributed by atoms with E-state index in [1.54, 1.807) is 12.2 Å². The Kier molecular flexibility index (Phi) is 34.8. The number of ether oxygens (including phenoxy) is 2. The van der Waals surface area contributed by atoms with E-state index in [2.05, 4.69) is 26.0 Å². The summed E-state index contributed by atoms with van der Waals surface area (Å²) >= 11 is 0. The molecule has 0 amide bonds. The molecule has 0 aromatic rings. The molecule has 0 spiro atoms. The maximum atomic E-state index is 12.7. The van der Waals surface area contributed by atoms with Crippen molar-refractivity contribution in [1.29, 1.82) is 0 Å². The number of allylic oxidation sites excluding steroid dienone is 5. The zero-order valence-electron chi connectivity index (χ0n) is 37.4. The second kappa shape index (κ2) is 37.4. The van der Waals surface area contributed by atoms with E-state index in [1.807, 2.05) is 12.2 Å². The third-order valence-electron chi connectivity index (χ3n) is 10.9. The maximum absolute atomic E-state index is 12.7. The van der Waals surface area contributed by atoms with Crippen LogP contribution < -0.4 is 5.73 Å². The lowest BCUT2D eigenvalue weighted by Gasteiger charge is -2.19. The number of aliphatic hydroxyl groups is 2. The van der Waals surface area contributed by atoms with Crippen LogP contribution >= 0.6 is 7.82 Å². The van der Waals surface area contributed by atoms with E-state index in [9.17, 15) is 34.1 Å². The van der Waals surface area contributed by atoms with Crippen LogP contribution in [-0.4, -0.2) is 77.5 Å². The lowest BCUT2D eigenvalue weighted by Crippen LogP contribution is -2.29. The van der Waals surface area contributed by atoms with Crippen molar-refractivity contribution in [2.75, 3.05) is 26.4 Å². The first-order valence-corrected chi connectivity index (χ1v) is 25.1. The summed E-state index contributed by atoms with van der Waals surface area (Å²) < 4.78 is 32.8. The predicted octanol–water partition coefficient (Wildman–Crippen LogP) is 10.3. The van der Waals surface area contributed by atoms with Gasteiger partial charge in [0.15, 0.2) is 6.10 Å². The quantitative estimate of drug-likeness (QED) is 0.0197. The van der Waals surface area contributed by atoms with Gasteiger partial charge in [0.05, 0.1) is 25.4 Å². The number of rotatable bonds is 40. The number of aliphatic hydroxyl groups excluding tert-OH is 2. The molecule has 0 aliphatic heterocycles. The van der Waals surface area contributed by atoms with Crippen molar-refractivity contribution in [3.63, 3.8) is 0 Å². The largest absolute Gasteiger partial charge is 0.472 e. The summed E-state index contributed by atoms with van der Waals surface area (Å²) in [5.41, 5.74) is 5.35. The van der Waals surface area contributed by atoms with Crippen LogP contribution in [0.25, 0.3) is 0 Å². The van der Waals surface area contributed by atoms with Gasteiger partial charge in [-0.2, -0.15) is 0 Å². The van der Waals surface area contributed by atoms with Gasteiger partial charge in [-0.15, -0.1) is 0 Å². The summed E-state index contributed by atoms with van der Waals surface area (Å²) in [4.78, 5) is 47.6. The van der Waals surface area contributed by atoms with E-state index < -0.39 is 50.6 Å². The topological polar surface area (TPSA) is 192 Å². The average molecular weight is 870 g/mol. The number of carbonyl (C=O) groups is 3. The molecule has 1 aliphatic carbocycles. The number of hydrogen-bond acceptors (Lipinski definition) is 11. The summed E-state index contributed by atoms with van der Waals surface area (Å²) in [7, 11) is -4.45.